The van der Waals surface area contributed by atoms with Gasteiger partial charge < -0.3 is 4.74 Å². The zero-order valence-electron chi connectivity index (χ0n) is 10.9. The fourth-order valence-electron chi connectivity index (χ4n) is 2.42. The highest BCUT2D eigenvalue weighted by Crippen LogP contribution is 2.25. The van der Waals surface area contributed by atoms with E-state index in [4.69, 9.17) is 0 Å². The lowest BCUT2D eigenvalue weighted by Gasteiger charge is -2.17. The Morgan fingerprint density at radius 2 is 1.83 bits per heavy atom. The number of hydrogen-bond donors (Lipinski definition) is 0. The second-order valence-corrected chi connectivity index (χ2v) is 4.87. The van der Waals surface area contributed by atoms with E-state index in [0.29, 0.717) is 5.56 Å². The molecule has 0 amide bonds. The first-order valence-electron chi connectivity index (χ1n) is 6.66. The van der Waals surface area contributed by atoms with Crippen LogP contribution >= 0.6 is 0 Å². The van der Waals surface area contributed by atoms with Crippen LogP contribution in [-0.2, 0) is 4.74 Å². The van der Waals surface area contributed by atoms with Crippen LogP contribution in [0.2, 0.25) is 0 Å². The fourth-order valence-corrected chi connectivity index (χ4v) is 2.42. The summed E-state index contributed by atoms with van der Waals surface area (Å²) in [5.74, 6) is 0.455. The van der Waals surface area contributed by atoms with E-state index in [1.807, 2.05) is 24.3 Å². The first kappa shape index (κ1) is 12.9. The number of carbonyl (C=O) groups is 1. The molecule has 0 saturated heterocycles. The predicted molar refractivity (Wildman–Crippen MR) is 73.4 cm³/mol. The third-order valence-corrected chi connectivity index (χ3v) is 3.54. The molecule has 1 aromatic carbocycles. The summed E-state index contributed by atoms with van der Waals surface area (Å²) in [5, 5.41) is 0. The molecule has 1 aromatic rings. The molecule has 2 rings (SSSR count). The van der Waals surface area contributed by atoms with Crippen molar-refractivity contribution in [1.29, 1.82) is 0 Å². The number of esters is 1. The zero-order valence-corrected chi connectivity index (χ0v) is 10.9. The lowest BCUT2D eigenvalue weighted by atomic mass is 9.89. The highest BCUT2D eigenvalue weighted by Gasteiger charge is 2.09. The van der Waals surface area contributed by atoms with E-state index in [9.17, 15) is 4.79 Å². The molecule has 1 aliphatic carbocycles. The van der Waals surface area contributed by atoms with Crippen LogP contribution in [0.4, 0.5) is 0 Å². The summed E-state index contributed by atoms with van der Waals surface area (Å²) in [4.78, 5) is 11.3. The van der Waals surface area contributed by atoms with Gasteiger partial charge in [-0.3, -0.25) is 0 Å². The van der Waals surface area contributed by atoms with Crippen LogP contribution in [0.15, 0.2) is 30.3 Å². The summed E-state index contributed by atoms with van der Waals surface area (Å²) in [5.41, 5.74) is 1.75. The Kier molecular flexibility index (Phi) is 4.57. The average Bonchev–Trinajstić information content (AvgIpc) is 2.46. The van der Waals surface area contributed by atoms with Crippen molar-refractivity contribution in [2.24, 2.45) is 5.92 Å². The first-order chi connectivity index (χ1) is 8.79. The topological polar surface area (TPSA) is 26.3 Å². The van der Waals surface area contributed by atoms with Crippen LogP contribution in [0.25, 0.3) is 6.08 Å². The van der Waals surface area contributed by atoms with Gasteiger partial charge in [-0.05, 0) is 36.5 Å². The van der Waals surface area contributed by atoms with Crippen molar-refractivity contribution in [3.8, 4) is 0 Å². The van der Waals surface area contributed by atoms with Gasteiger partial charge in [-0.1, -0.05) is 43.5 Å². The molecule has 1 fully saturated rings. The Morgan fingerprint density at radius 1 is 1.17 bits per heavy atom. The first-order valence-corrected chi connectivity index (χ1v) is 6.66. The maximum Gasteiger partial charge on any atom is 0.337 e. The summed E-state index contributed by atoms with van der Waals surface area (Å²) in [7, 11) is 1.40. The second kappa shape index (κ2) is 6.39. The minimum Gasteiger partial charge on any atom is -0.465 e. The van der Waals surface area contributed by atoms with Crippen LogP contribution in [-0.4, -0.2) is 13.1 Å². The van der Waals surface area contributed by atoms with E-state index in [-0.39, 0.29) is 5.97 Å². The van der Waals surface area contributed by atoms with Gasteiger partial charge in [0, 0.05) is 0 Å². The standard InChI is InChI=1S/C16H20O2/c1-18-16(17)15-11-9-14(10-12-15)8-7-13-5-3-2-4-6-13/h7-13H,2-6H2,1H3/b8-7+. The van der Waals surface area contributed by atoms with Crippen LogP contribution in [0.1, 0.15) is 48.0 Å². The molecule has 0 radical (unpaired) electrons. The maximum atomic E-state index is 11.3. The van der Waals surface area contributed by atoms with Gasteiger partial charge in [0.15, 0.2) is 0 Å². The molecule has 0 N–H and O–H groups in total. The number of allylic oxidation sites excluding steroid dienone is 1. The Bertz CT molecular complexity index is 411. The number of ether oxygens (including phenoxy) is 1. The summed E-state index contributed by atoms with van der Waals surface area (Å²) in [6.45, 7) is 0. The maximum absolute atomic E-state index is 11.3. The van der Waals surface area contributed by atoms with E-state index >= 15 is 0 Å². The normalized spacial score (nSPS) is 16.9. The summed E-state index contributed by atoms with van der Waals surface area (Å²) in [6.07, 6.45) is 11.2. The van der Waals surface area contributed by atoms with E-state index in [1.54, 1.807) is 0 Å². The van der Waals surface area contributed by atoms with Gasteiger partial charge in [0.05, 0.1) is 12.7 Å². The monoisotopic (exact) mass is 244 g/mol. The van der Waals surface area contributed by atoms with E-state index < -0.39 is 0 Å². The summed E-state index contributed by atoms with van der Waals surface area (Å²) >= 11 is 0. The molecule has 1 saturated carbocycles. The molecule has 2 heteroatoms. The van der Waals surface area contributed by atoms with Crippen molar-refractivity contribution < 1.29 is 9.53 Å². The SMILES string of the molecule is COC(=O)c1ccc(/C=C/C2CCCCC2)cc1. The molecular formula is C16H20O2. The van der Waals surface area contributed by atoms with Crippen LogP contribution in [0, 0.1) is 5.92 Å². The Balaban J connectivity index is 1.97. The fraction of sp³-hybridized carbons (Fsp3) is 0.438. The highest BCUT2D eigenvalue weighted by atomic mass is 16.5. The molecule has 2 nitrogen and oxygen atoms in total. The molecular weight excluding hydrogens is 224 g/mol. The van der Waals surface area contributed by atoms with Crippen molar-refractivity contribution in [3.05, 3.63) is 41.5 Å². The van der Waals surface area contributed by atoms with Gasteiger partial charge in [-0.2, -0.15) is 0 Å². The minimum atomic E-state index is -0.280. The van der Waals surface area contributed by atoms with Gasteiger partial charge in [0.2, 0.25) is 0 Å². The third-order valence-electron chi connectivity index (χ3n) is 3.54. The molecule has 0 atom stereocenters. The van der Waals surface area contributed by atoms with Gasteiger partial charge >= 0.3 is 5.97 Å². The molecule has 0 unspecified atom stereocenters. The second-order valence-electron chi connectivity index (χ2n) is 4.87. The van der Waals surface area contributed by atoms with Crippen LogP contribution < -0.4 is 0 Å². The van der Waals surface area contributed by atoms with Crippen molar-refractivity contribution >= 4 is 12.0 Å². The summed E-state index contributed by atoms with van der Waals surface area (Å²) in [6, 6.07) is 7.55. The molecule has 0 aliphatic heterocycles. The van der Waals surface area contributed by atoms with E-state index in [0.717, 1.165) is 11.5 Å². The number of hydrogen-bond acceptors (Lipinski definition) is 2. The van der Waals surface area contributed by atoms with Crippen molar-refractivity contribution in [3.63, 3.8) is 0 Å². The third kappa shape index (κ3) is 3.46. The highest BCUT2D eigenvalue weighted by molar-refractivity contribution is 5.89. The molecule has 96 valence electrons. The predicted octanol–water partition coefficient (Wildman–Crippen LogP) is 4.07. The Labute approximate surface area is 109 Å². The minimum absolute atomic E-state index is 0.280. The quantitative estimate of drug-likeness (QED) is 0.749. The molecule has 0 heterocycles. The number of methoxy groups -OCH3 is 1. The molecule has 1 aliphatic rings. The van der Waals surface area contributed by atoms with Gasteiger partial charge in [0.25, 0.3) is 0 Å². The molecule has 0 aromatic heterocycles. The zero-order chi connectivity index (χ0) is 12.8. The van der Waals surface area contributed by atoms with E-state index in [2.05, 4.69) is 16.9 Å². The lowest BCUT2D eigenvalue weighted by molar-refractivity contribution is 0.0601. The van der Waals surface area contributed by atoms with Gasteiger partial charge in [-0.25, -0.2) is 4.79 Å². The van der Waals surface area contributed by atoms with Crippen molar-refractivity contribution in [1.82, 2.24) is 0 Å². The largest absolute Gasteiger partial charge is 0.465 e. The van der Waals surface area contributed by atoms with Crippen LogP contribution in [0.3, 0.4) is 0 Å². The van der Waals surface area contributed by atoms with Crippen LogP contribution in [0.5, 0.6) is 0 Å². The number of rotatable bonds is 3. The van der Waals surface area contributed by atoms with Gasteiger partial charge in [0.1, 0.15) is 0 Å². The molecule has 18 heavy (non-hydrogen) atoms. The lowest BCUT2D eigenvalue weighted by Crippen LogP contribution is -2.02. The molecule has 0 spiro atoms. The van der Waals surface area contributed by atoms with E-state index in [1.165, 1.54) is 39.2 Å². The van der Waals surface area contributed by atoms with Gasteiger partial charge in [-0.15, -0.1) is 0 Å². The number of carbonyl (C=O) groups excluding carboxylic acids is 1. The smallest absolute Gasteiger partial charge is 0.337 e. The van der Waals surface area contributed by atoms with Crippen molar-refractivity contribution in [2.45, 2.75) is 32.1 Å². The Hall–Kier alpha value is -1.57. The Morgan fingerprint density at radius 3 is 2.44 bits per heavy atom. The molecule has 0 bridgehead atoms. The average molecular weight is 244 g/mol. The number of benzene rings is 1. The van der Waals surface area contributed by atoms with Crippen molar-refractivity contribution in [2.75, 3.05) is 7.11 Å². The summed E-state index contributed by atoms with van der Waals surface area (Å²) < 4.78 is 4.67.